The lowest BCUT2D eigenvalue weighted by Crippen LogP contribution is -2.59. The Kier molecular flexibility index (Phi) is 12.7. The molecule has 0 aromatic carbocycles. The van der Waals surface area contributed by atoms with Crippen LogP contribution in [0.3, 0.4) is 0 Å². The van der Waals surface area contributed by atoms with Crippen molar-refractivity contribution in [1.82, 2.24) is 0 Å². The molecule has 0 aromatic rings. The van der Waals surface area contributed by atoms with E-state index in [4.69, 9.17) is 28.1 Å². The smallest absolute Gasteiger partial charge is 0.303 e. The van der Waals surface area contributed by atoms with Gasteiger partial charge in [-0.3, -0.25) is 34.1 Å². The number of allylic oxidation sites excluding steroid dienone is 1. The van der Waals surface area contributed by atoms with Crippen LogP contribution in [0.25, 0.3) is 0 Å². The van der Waals surface area contributed by atoms with Crippen molar-refractivity contribution in [3.05, 3.63) is 22.3 Å². The van der Waals surface area contributed by atoms with Gasteiger partial charge in [0.1, 0.15) is 12.7 Å². The molecule has 220 valence electrons. The Labute approximate surface area is 227 Å². The van der Waals surface area contributed by atoms with Gasteiger partial charge >= 0.3 is 29.8 Å². The van der Waals surface area contributed by atoms with Gasteiger partial charge in [-0.25, -0.2) is 0 Å². The standard InChI is InChI=1S/C24H37NO13Si/c1-13(26)33-12-20(34-14(2)27)23(36-16(4)29)24(37-17(5)30)22(35-15(3)28)18-10-9-11-19(21(18)25(31)32)38-39(6,7)8/h9,11,18-24H,10,12H2,1-8H3/t18-,19+,20+,21+,22?,23-,24+/m0/s1. The van der Waals surface area contributed by atoms with E-state index in [1.165, 1.54) is 0 Å². The van der Waals surface area contributed by atoms with E-state index in [-0.39, 0.29) is 6.42 Å². The maximum absolute atomic E-state index is 12.3. The minimum Gasteiger partial charge on any atom is -0.462 e. The minimum absolute atomic E-state index is 0.00187. The number of hydrogen-bond donors (Lipinski definition) is 0. The summed E-state index contributed by atoms with van der Waals surface area (Å²) < 4.78 is 32.6. The average Bonchev–Trinajstić information content (AvgIpc) is 2.75. The third-order valence-electron chi connectivity index (χ3n) is 5.35. The summed E-state index contributed by atoms with van der Waals surface area (Å²) >= 11 is 0. The van der Waals surface area contributed by atoms with Crippen LogP contribution in [0.1, 0.15) is 41.0 Å². The van der Waals surface area contributed by atoms with Crippen molar-refractivity contribution in [2.45, 2.75) is 97.2 Å². The van der Waals surface area contributed by atoms with Crippen LogP contribution < -0.4 is 0 Å². The summed E-state index contributed by atoms with van der Waals surface area (Å²) in [4.78, 5) is 71.8. The van der Waals surface area contributed by atoms with Crippen LogP contribution in [0.4, 0.5) is 0 Å². The molecule has 0 saturated carbocycles. The first-order valence-electron chi connectivity index (χ1n) is 12.2. The highest BCUT2D eigenvalue weighted by molar-refractivity contribution is 6.69. The van der Waals surface area contributed by atoms with Gasteiger partial charge in [-0.2, -0.15) is 0 Å². The molecule has 0 aliphatic heterocycles. The van der Waals surface area contributed by atoms with Crippen molar-refractivity contribution in [3.63, 3.8) is 0 Å². The molecular formula is C24H37NO13Si. The Hall–Kier alpha value is -3.33. The van der Waals surface area contributed by atoms with Crippen LogP contribution in [0.2, 0.25) is 19.6 Å². The lowest BCUT2D eigenvalue weighted by atomic mass is 9.79. The second-order valence-corrected chi connectivity index (χ2v) is 14.4. The first kappa shape index (κ1) is 33.7. The van der Waals surface area contributed by atoms with Gasteiger partial charge in [0, 0.05) is 39.5 Å². The fourth-order valence-corrected chi connectivity index (χ4v) is 5.28. The maximum atomic E-state index is 12.3. The van der Waals surface area contributed by atoms with E-state index >= 15 is 0 Å². The molecule has 7 atom stereocenters. The predicted octanol–water partition coefficient (Wildman–Crippen LogP) is 1.72. The molecule has 0 radical (unpaired) electrons. The highest BCUT2D eigenvalue weighted by atomic mass is 28.4. The molecule has 0 N–H and O–H groups in total. The molecule has 1 aliphatic carbocycles. The van der Waals surface area contributed by atoms with E-state index in [1.54, 1.807) is 12.2 Å². The van der Waals surface area contributed by atoms with Crippen LogP contribution >= 0.6 is 0 Å². The summed E-state index contributed by atoms with van der Waals surface area (Å²) in [5, 5.41) is 12.3. The number of carbonyl (C=O) groups is 5. The first-order valence-corrected chi connectivity index (χ1v) is 15.6. The van der Waals surface area contributed by atoms with Crippen LogP contribution in [-0.4, -0.2) is 86.3 Å². The fourth-order valence-electron chi connectivity index (χ4n) is 4.25. The number of esters is 5. The maximum Gasteiger partial charge on any atom is 0.303 e. The van der Waals surface area contributed by atoms with Crippen molar-refractivity contribution >= 4 is 38.2 Å². The topological polar surface area (TPSA) is 184 Å². The number of nitrogens with zero attached hydrogens (tertiary/aromatic N) is 1. The zero-order valence-electron chi connectivity index (χ0n) is 23.4. The van der Waals surface area contributed by atoms with E-state index in [0.717, 1.165) is 34.6 Å². The van der Waals surface area contributed by atoms with Crippen molar-refractivity contribution < 1.29 is 57.0 Å². The van der Waals surface area contributed by atoms with Crippen LogP contribution in [0.5, 0.6) is 0 Å². The van der Waals surface area contributed by atoms with Gasteiger partial charge in [-0.05, 0) is 26.1 Å². The van der Waals surface area contributed by atoms with Gasteiger partial charge in [-0.15, -0.1) is 0 Å². The van der Waals surface area contributed by atoms with Gasteiger partial charge < -0.3 is 28.1 Å². The minimum atomic E-state index is -2.31. The molecule has 0 fully saturated rings. The Balaban J connectivity index is 3.77. The van der Waals surface area contributed by atoms with Gasteiger partial charge in [0.2, 0.25) is 6.04 Å². The highest BCUT2D eigenvalue weighted by Crippen LogP contribution is 2.34. The molecule has 0 saturated heterocycles. The second kappa shape index (κ2) is 14.7. The third-order valence-corrected chi connectivity index (χ3v) is 6.33. The number of nitro groups is 1. The molecular weight excluding hydrogens is 538 g/mol. The van der Waals surface area contributed by atoms with E-state index < -0.39 is 92.2 Å². The SMILES string of the molecule is CC(=O)OC[C@@H](OC(C)=O)[C@H](OC(C)=O)[C@H](OC(C)=O)C(OC(C)=O)[C@H]1CC=C[C@@H](O[Si](C)(C)C)[C@@H]1[N+](=O)[O-]. The molecule has 39 heavy (non-hydrogen) atoms. The molecule has 0 bridgehead atoms. The molecule has 0 heterocycles. The molecule has 1 aliphatic rings. The van der Waals surface area contributed by atoms with Gasteiger partial charge in [0.15, 0.2) is 32.7 Å². The second-order valence-electron chi connectivity index (χ2n) is 9.97. The largest absolute Gasteiger partial charge is 0.462 e. The molecule has 1 rings (SSSR count). The third kappa shape index (κ3) is 11.5. The molecule has 1 unspecified atom stereocenters. The summed E-state index contributed by atoms with van der Waals surface area (Å²) in [7, 11) is -2.31. The number of hydrogen-bond acceptors (Lipinski definition) is 13. The Bertz CT molecular complexity index is 960. The van der Waals surface area contributed by atoms with E-state index in [9.17, 15) is 34.1 Å². The van der Waals surface area contributed by atoms with Gasteiger partial charge in [0.05, 0.1) is 5.92 Å². The Morgan fingerprint density at radius 3 is 1.79 bits per heavy atom. The first-order chi connectivity index (χ1) is 17.9. The number of carbonyl (C=O) groups excluding carboxylic acids is 5. The quantitative estimate of drug-likeness (QED) is 0.0773. The number of rotatable bonds is 13. The average molecular weight is 576 g/mol. The highest BCUT2D eigenvalue weighted by Gasteiger charge is 2.54. The summed E-state index contributed by atoms with van der Waals surface area (Å²) in [6.45, 7) is 10.2. The van der Waals surface area contributed by atoms with E-state index in [2.05, 4.69) is 0 Å². The molecule has 0 aromatic heterocycles. The van der Waals surface area contributed by atoms with E-state index in [1.807, 2.05) is 19.6 Å². The predicted molar refractivity (Wildman–Crippen MR) is 135 cm³/mol. The van der Waals surface area contributed by atoms with Crippen LogP contribution in [-0.2, 0) is 52.1 Å². The molecule has 14 nitrogen and oxygen atoms in total. The van der Waals surface area contributed by atoms with Gasteiger partial charge in [-0.1, -0.05) is 12.2 Å². The van der Waals surface area contributed by atoms with Crippen molar-refractivity contribution in [2.24, 2.45) is 5.92 Å². The zero-order chi connectivity index (χ0) is 30.1. The van der Waals surface area contributed by atoms with Crippen molar-refractivity contribution in [1.29, 1.82) is 0 Å². The lowest BCUT2D eigenvalue weighted by Gasteiger charge is -2.41. The summed E-state index contributed by atoms with van der Waals surface area (Å²) in [5.41, 5.74) is 0. The zero-order valence-corrected chi connectivity index (χ0v) is 24.4. The fraction of sp³-hybridized carbons (Fsp3) is 0.708. The lowest BCUT2D eigenvalue weighted by molar-refractivity contribution is -0.544. The normalized spacial score (nSPS) is 21.9. The Morgan fingerprint density at radius 1 is 0.846 bits per heavy atom. The van der Waals surface area contributed by atoms with Gasteiger partial charge in [0.25, 0.3) is 0 Å². The molecule has 0 amide bonds. The van der Waals surface area contributed by atoms with Crippen LogP contribution in [0.15, 0.2) is 12.2 Å². The van der Waals surface area contributed by atoms with E-state index in [0.29, 0.717) is 0 Å². The summed E-state index contributed by atoms with van der Waals surface area (Å²) in [6, 6.07) is -1.46. The van der Waals surface area contributed by atoms with Crippen LogP contribution in [0, 0.1) is 16.0 Å². The number of ether oxygens (including phenoxy) is 5. The summed E-state index contributed by atoms with van der Waals surface area (Å²) in [5.74, 6) is -5.45. The molecule has 0 spiro atoms. The monoisotopic (exact) mass is 575 g/mol. The molecule has 15 heteroatoms. The summed E-state index contributed by atoms with van der Waals surface area (Å²) in [6.07, 6.45) is -4.31. The van der Waals surface area contributed by atoms with Crippen molar-refractivity contribution in [2.75, 3.05) is 6.61 Å². The Morgan fingerprint density at radius 2 is 1.36 bits per heavy atom. The van der Waals surface area contributed by atoms with Crippen molar-refractivity contribution in [3.8, 4) is 0 Å².